The molecule has 1 aromatic carbocycles. The van der Waals surface area contributed by atoms with E-state index in [-0.39, 0.29) is 5.69 Å². The summed E-state index contributed by atoms with van der Waals surface area (Å²) in [4.78, 5) is 0. The van der Waals surface area contributed by atoms with Crippen LogP contribution in [0.5, 0.6) is 0 Å². The molecule has 2 rings (SSSR count). The summed E-state index contributed by atoms with van der Waals surface area (Å²) in [5, 5.41) is 4.71. The van der Waals surface area contributed by atoms with Crippen molar-refractivity contribution in [3.63, 3.8) is 0 Å². The Hall–Kier alpha value is -0.940. The van der Waals surface area contributed by atoms with Gasteiger partial charge in [-0.25, -0.2) is 13.5 Å². The first-order chi connectivity index (χ1) is 8.02. The lowest BCUT2D eigenvalue weighted by Crippen LogP contribution is -2.03. The Balaban J connectivity index is 2.59. The molecule has 0 N–H and O–H groups in total. The Morgan fingerprint density at radius 2 is 1.94 bits per heavy atom. The lowest BCUT2D eigenvalue weighted by Gasteiger charge is -2.06. The molecular weight excluding hydrogens is 313 g/mol. The van der Waals surface area contributed by atoms with E-state index < -0.39 is 11.6 Å². The first-order valence-corrected chi connectivity index (χ1v) is 6.29. The molecule has 0 radical (unpaired) electrons. The summed E-state index contributed by atoms with van der Waals surface area (Å²) in [6.07, 6.45) is 1.38. The number of halogens is 4. The third kappa shape index (κ3) is 2.35. The maximum absolute atomic E-state index is 13.8. The van der Waals surface area contributed by atoms with Crippen LogP contribution < -0.4 is 0 Å². The summed E-state index contributed by atoms with van der Waals surface area (Å²) in [6.45, 7) is 1.67. The van der Waals surface area contributed by atoms with Gasteiger partial charge in [0.25, 0.3) is 0 Å². The maximum Gasteiger partial charge on any atom is 0.152 e. The van der Waals surface area contributed by atoms with Crippen molar-refractivity contribution >= 4 is 27.5 Å². The molecule has 1 heterocycles. The van der Waals surface area contributed by atoms with Crippen LogP contribution in [-0.4, -0.2) is 9.78 Å². The van der Waals surface area contributed by atoms with Crippen molar-refractivity contribution in [2.24, 2.45) is 0 Å². The molecule has 0 unspecified atom stereocenters. The molecule has 0 spiro atoms. The molecule has 1 aromatic heterocycles. The van der Waals surface area contributed by atoms with E-state index in [1.807, 2.05) is 0 Å². The van der Waals surface area contributed by atoms with Crippen LogP contribution in [0, 0.1) is 18.6 Å². The molecule has 0 aliphatic rings. The highest BCUT2D eigenvalue weighted by molar-refractivity contribution is 9.08. The fourth-order valence-corrected chi connectivity index (χ4v) is 1.92. The van der Waals surface area contributed by atoms with E-state index in [1.54, 1.807) is 6.92 Å². The first kappa shape index (κ1) is 12.5. The number of alkyl halides is 1. The first-order valence-electron chi connectivity index (χ1n) is 4.79. The lowest BCUT2D eigenvalue weighted by molar-refractivity contribution is 0.557. The Morgan fingerprint density at radius 3 is 2.35 bits per heavy atom. The second kappa shape index (κ2) is 4.74. The number of hydrogen-bond donors (Lipinski definition) is 0. The zero-order valence-corrected chi connectivity index (χ0v) is 11.2. The van der Waals surface area contributed by atoms with Crippen molar-refractivity contribution < 1.29 is 8.78 Å². The van der Waals surface area contributed by atoms with Gasteiger partial charge in [-0.2, -0.15) is 5.10 Å². The van der Waals surface area contributed by atoms with Crippen molar-refractivity contribution in [2.45, 2.75) is 12.3 Å². The van der Waals surface area contributed by atoms with Gasteiger partial charge in [-0.1, -0.05) is 27.5 Å². The predicted molar refractivity (Wildman–Crippen MR) is 65.9 cm³/mol. The summed E-state index contributed by atoms with van der Waals surface area (Å²) < 4.78 is 28.6. The van der Waals surface area contributed by atoms with E-state index >= 15 is 0 Å². The maximum atomic E-state index is 13.8. The van der Waals surface area contributed by atoms with E-state index in [0.29, 0.717) is 21.6 Å². The van der Waals surface area contributed by atoms with Crippen LogP contribution in [0.2, 0.25) is 5.02 Å². The number of aryl methyl sites for hydroxylation is 1. The van der Waals surface area contributed by atoms with Gasteiger partial charge in [-0.15, -0.1) is 0 Å². The molecule has 0 bridgehead atoms. The highest BCUT2D eigenvalue weighted by Crippen LogP contribution is 2.23. The summed E-state index contributed by atoms with van der Waals surface area (Å²) in [5.74, 6) is -1.34. The van der Waals surface area contributed by atoms with Crippen LogP contribution in [0.15, 0.2) is 18.3 Å². The smallest absolute Gasteiger partial charge is 0.152 e. The molecule has 90 valence electrons. The van der Waals surface area contributed by atoms with Gasteiger partial charge in [0.05, 0.1) is 10.7 Å². The minimum atomic E-state index is -0.668. The lowest BCUT2D eigenvalue weighted by atomic mass is 10.2. The average Bonchev–Trinajstić information content (AvgIpc) is 2.57. The number of aromatic nitrogens is 2. The molecule has 0 saturated carbocycles. The van der Waals surface area contributed by atoms with Crippen molar-refractivity contribution in [3.8, 4) is 5.69 Å². The van der Waals surface area contributed by atoms with Crippen LogP contribution >= 0.6 is 27.5 Å². The van der Waals surface area contributed by atoms with E-state index in [2.05, 4.69) is 21.0 Å². The Bertz CT molecular complexity index is 526. The molecule has 0 saturated heterocycles. The van der Waals surface area contributed by atoms with Crippen LogP contribution in [0.4, 0.5) is 8.78 Å². The zero-order chi connectivity index (χ0) is 12.6. The van der Waals surface area contributed by atoms with E-state index in [9.17, 15) is 8.78 Å². The summed E-state index contributed by atoms with van der Waals surface area (Å²) >= 11 is 8.95. The molecule has 6 heteroatoms. The number of benzene rings is 1. The van der Waals surface area contributed by atoms with Gasteiger partial charge in [-0.05, 0) is 24.6 Å². The van der Waals surface area contributed by atoms with Gasteiger partial charge in [0.1, 0.15) is 5.69 Å². The van der Waals surface area contributed by atoms with Crippen molar-refractivity contribution in [1.82, 2.24) is 9.78 Å². The van der Waals surface area contributed by atoms with Crippen LogP contribution in [-0.2, 0) is 5.33 Å². The molecule has 2 aromatic rings. The Morgan fingerprint density at radius 1 is 1.35 bits per heavy atom. The van der Waals surface area contributed by atoms with Crippen LogP contribution in [0.25, 0.3) is 5.69 Å². The van der Waals surface area contributed by atoms with Gasteiger partial charge in [0.2, 0.25) is 0 Å². The molecule has 0 fully saturated rings. The standard InChI is InChI=1S/C11H8BrClF2N2/c1-6-8(13)5-17(16-6)11-9(14)2-7(4-12)3-10(11)15/h2-3,5H,4H2,1H3. The average molecular weight is 322 g/mol. The largest absolute Gasteiger partial charge is 0.233 e. The number of nitrogens with zero attached hydrogens (tertiary/aromatic N) is 2. The summed E-state index contributed by atoms with van der Waals surface area (Å²) in [5.41, 5.74) is 0.832. The second-order valence-electron chi connectivity index (χ2n) is 3.55. The van der Waals surface area contributed by atoms with Gasteiger partial charge in [0.15, 0.2) is 11.6 Å². The quantitative estimate of drug-likeness (QED) is 0.764. The second-order valence-corrected chi connectivity index (χ2v) is 4.52. The fraction of sp³-hybridized carbons (Fsp3) is 0.182. The Labute approximate surface area is 110 Å². The topological polar surface area (TPSA) is 17.8 Å². The predicted octanol–water partition coefficient (Wildman–Crippen LogP) is 4.01. The molecule has 0 aliphatic carbocycles. The summed E-state index contributed by atoms with van der Waals surface area (Å²) in [7, 11) is 0. The van der Waals surface area contributed by atoms with Gasteiger partial charge < -0.3 is 0 Å². The molecule has 0 amide bonds. The van der Waals surface area contributed by atoms with Crippen LogP contribution in [0.3, 0.4) is 0 Å². The zero-order valence-electron chi connectivity index (χ0n) is 8.85. The molecule has 17 heavy (non-hydrogen) atoms. The minimum Gasteiger partial charge on any atom is -0.233 e. The third-order valence-electron chi connectivity index (χ3n) is 2.30. The SMILES string of the molecule is Cc1nn(-c2c(F)cc(CBr)cc2F)cc1Cl. The Kier molecular flexibility index (Phi) is 3.49. The van der Waals surface area contributed by atoms with E-state index in [0.717, 1.165) is 4.68 Å². The highest BCUT2D eigenvalue weighted by atomic mass is 79.9. The monoisotopic (exact) mass is 320 g/mol. The molecule has 0 atom stereocenters. The highest BCUT2D eigenvalue weighted by Gasteiger charge is 2.15. The molecular formula is C11H8BrClF2N2. The van der Waals surface area contributed by atoms with Gasteiger partial charge in [0, 0.05) is 11.5 Å². The van der Waals surface area contributed by atoms with Crippen molar-refractivity contribution in [3.05, 3.63) is 46.2 Å². The normalized spacial score (nSPS) is 10.9. The van der Waals surface area contributed by atoms with Gasteiger partial charge in [-0.3, -0.25) is 0 Å². The van der Waals surface area contributed by atoms with Crippen LogP contribution in [0.1, 0.15) is 11.3 Å². The van der Waals surface area contributed by atoms with E-state index in [4.69, 9.17) is 11.6 Å². The minimum absolute atomic E-state index is 0.218. The summed E-state index contributed by atoms with van der Waals surface area (Å²) in [6, 6.07) is 2.52. The van der Waals surface area contributed by atoms with Gasteiger partial charge >= 0.3 is 0 Å². The van der Waals surface area contributed by atoms with E-state index in [1.165, 1.54) is 18.3 Å². The molecule has 2 nitrogen and oxygen atoms in total. The number of hydrogen-bond acceptors (Lipinski definition) is 1. The molecule has 0 aliphatic heterocycles. The van der Waals surface area contributed by atoms with Crippen molar-refractivity contribution in [2.75, 3.05) is 0 Å². The number of rotatable bonds is 2. The fourth-order valence-electron chi connectivity index (χ4n) is 1.47. The van der Waals surface area contributed by atoms with Crippen molar-refractivity contribution in [1.29, 1.82) is 0 Å². The third-order valence-corrected chi connectivity index (χ3v) is 3.32.